The molecule has 0 amide bonds. The molecule has 0 atom stereocenters. The van der Waals surface area contributed by atoms with Crippen molar-refractivity contribution in [2.45, 2.75) is 154 Å². The Bertz CT molecular complexity index is 888. The van der Waals surface area contributed by atoms with E-state index in [1.165, 1.54) is 102 Å². The van der Waals surface area contributed by atoms with Crippen molar-refractivity contribution >= 4 is 20.2 Å². The molecule has 0 saturated carbocycles. The van der Waals surface area contributed by atoms with Crippen molar-refractivity contribution < 1.29 is 55.5 Å². The van der Waals surface area contributed by atoms with Crippen molar-refractivity contribution in [3.63, 3.8) is 0 Å². The zero-order valence-corrected chi connectivity index (χ0v) is 28.8. The molecule has 39 heavy (non-hydrogen) atoms. The van der Waals surface area contributed by atoms with Crippen molar-refractivity contribution in [3.05, 3.63) is 29.8 Å². The summed E-state index contributed by atoms with van der Waals surface area (Å²) in [5, 5.41) is 0. The van der Waals surface area contributed by atoms with Gasteiger partial charge in [-0.25, -0.2) is 8.42 Å². The molecular weight excluding hydrogens is 543 g/mol. The van der Waals surface area contributed by atoms with E-state index in [1.807, 2.05) is 6.07 Å². The van der Waals surface area contributed by atoms with Crippen LogP contribution in [0.1, 0.15) is 148 Å². The molecule has 0 aliphatic carbocycles. The standard InChI is InChI=1S/C18H30O3S.C12H26O3S.Na/c1-2-3-4-5-6-7-8-9-10-11-14-17-15-12-13-16-18(17)22(19,20)21;1-2-3-4-5-6-7-8-9-10-11-12-16(13,14)15;/h12-13,15-16H,2-11,14H2,1H3,(H,19,20,21);2-12H2,1H3,(H,13,14,15);/q;;+1/p-1. The van der Waals surface area contributed by atoms with Crippen molar-refractivity contribution in [2.75, 3.05) is 5.75 Å². The van der Waals surface area contributed by atoms with Crippen LogP contribution < -0.4 is 29.6 Å². The third-order valence-corrected chi connectivity index (χ3v) is 8.54. The Kier molecular flexibility index (Phi) is 28.4. The fourth-order valence-electron chi connectivity index (χ4n) is 4.53. The number of rotatable bonds is 23. The Hall–Kier alpha value is 0.0400. The van der Waals surface area contributed by atoms with Gasteiger partial charge < -0.3 is 4.55 Å². The SMILES string of the molecule is CCCCCCCCCCCCS(=O)(=O)[O-].CCCCCCCCCCCCc1ccccc1S(=O)(=O)O.[Na+]. The molecule has 1 aromatic rings. The molecule has 1 N–H and O–H groups in total. The van der Waals surface area contributed by atoms with E-state index >= 15 is 0 Å². The van der Waals surface area contributed by atoms with E-state index in [4.69, 9.17) is 0 Å². The van der Waals surface area contributed by atoms with Crippen molar-refractivity contribution in [3.8, 4) is 0 Å². The first-order valence-corrected chi connectivity index (χ1v) is 18.1. The molecule has 0 fully saturated rings. The topological polar surface area (TPSA) is 112 Å². The minimum Gasteiger partial charge on any atom is -0.748 e. The van der Waals surface area contributed by atoms with Gasteiger partial charge in [0, 0.05) is 5.75 Å². The Morgan fingerprint density at radius 2 is 0.949 bits per heavy atom. The number of hydrogen-bond acceptors (Lipinski definition) is 5. The fourth-order valence-corrected chi connectivity index (χ4v) is 5.84. The normalized spacial score (nSPS) is 11.5. The van der Waals surface area contributed by atoms with Crippen LogP contribution in [0.25, 0.3) is 0 Å². The molecule has 0 spiro atoms. The number of benzene rings is 1. The second kappa shape index (κ2) is 26.9. The Morgan fingerprint density at radius 1 is 0.590 bits per heavy atom. The molecule has 0 bridgehead atoms. The molecule has 0 saturated heterocycles. The first kappa shape index (κ1) is 41.2. The van der Waals surface area contributed by atoms with Crippen LogP contribution in [0.4, 0.5) is 0 Å². The minimum absolute atomic E-state index is 0. The molecule has 0 unspecified atom stereocenters. The average Bonchev–Trinajstić information content (AvgIpc) is 2.86. The van der Waals surface area contributed by atoms with Crippen molar-refractivity contribution in [2.24, 2.45) is 0 Å². The summed E-state index contributed by atoms with van der Waals surface area (Å²) in [5.74, 6) is -0.191. The zero-order valence-electron chi connectivity index (χ0n) is 25.2. The second-order valence-electron chi connectivity index (χ2n) is 10.5. The van der Waals surface area contributed by atoms with Gasteiger partial charge in [0.2, 0.25) is 0 Å². The summed E-state index contributed by atoms with van der Waals surface area (Å²) in [5.41, 5.74) is 0.726. The Morgan fingerprint density at radius 3 is 1.33 bits per heavy atom. The Balaban J connectivity index is 0. The van der Waals surface area contributed by atoms with Crippen LogP contribution in [0, 0.1) is 0 Å². The van der Waals surface area contributed by atoms with Gasteiger partial charge in [0.25, 0.3) is 10.1 Å². The van der Waals surface area contributed by atoms with E-state index in [1.54, 1.807) is 12.1 Å². The number of hydrogen-bond donors (Lipinski definition) is 1. The summed E-state index contributed by atoms with van der Waals surface area (Å²) in [6.07, 6.45) is 24.8. The minimum atomic E-state index is -4.10. The van der Waals surface area contributed by atoms with Crippen LogP contribution in [0.3, 0.4) is 0 Å². The molecule has 224 valence electrons. The van der Waals surface area contributed by atoms with E-state index in [2.05, 4.69) is 13.8 Å². The third-order valence-electron chi connectivity index (χ3n) is 6.80. The molecule has 9 heteroatoms. The van der Waals surface area contributed by atoms with E-state index < -0.39 is 20.2 Å². The first-order valence-electron chi connectivity index (χ1n) is 15.1. The van der Waals surface area contributed by atoms with Gasteiger partial charge in [0.15, 0.2) is 0 Å². The molecule has 1 rings (SSSR count). The molecular formula is C30H55NaO6S2. The van der Waals surface area contributed by atoms with Crippen LogP contribution in [0.15, 0.2) is 29.2 Å². The van der Waals surface area contributed by atoms with E-state index in [-0.39, 0.29) is 40.2 Å². The van der Waals surface area contributed by atoms with Crippen molar-refractivity contribution in [1.29, 1.82) is 0 Å². The van der Waals surface area contributed by atoms with Crippen molar-refractivity contribution in [1.82, 2.24) is 0 Å². The predicted octanol–water partition coefficient (Wildman–Crippen LogP) is 5.85. The summed E-state index contributed by atoms with van der Waals surface area (Å²) in [6.45, 7) is 4.45. The fraction of sp³-hybridized carbons (Fsp3) is 0.800. The molecule has 6 nitrogen and oxygen atoms in total. The predicted molar refractivity (Wildman–Crippen MR) is 158 cm³/mol. The van der Waals surface area contributed by atoms with Gasteiger partial charge in [-0.1, -0.05) is 148 Å². The van der Waals surface area contributed by atoms with Gasteiger partial charge in [-0.3, -0.25) is 4.55 Å². The summed E-state index contributed by atoms with van der Waals surface area (Å²) < 4.78 is 62.7. The Labute approximate surface area is 263 Å². The van der Waals surface area contributed by atoms with E-state index in [9.17, 15) is 25.9 Å². The molecule has 0 aliphatic heterocycles. The van der Waals surface area contributed by atoms with E-state index in [0.717, 1.165) is 31.2 Å². The summed E-state index contributed by atoms with van der Waals surface area (Å²) >= 11 is 0. The second-order valence-corrected chi connectivity index (χ2v) is 13.4. The van der Waals surface area contributed by atoms with Crippen LogP contribution in [0.2, 0.25) is 0 Å². The quantitative estimate of drug-likeness (QED) is 0.0961. The first-order chi connectivity index (χ1) is 18.1. The van der Waals surface area contributed by atoms with Gasteiger partial charge >= 0.3 is 29.6 Å². The van der Waals surface area contributed by atoms with Gasteiger partial charge in [0.05, 0.1) is 15.0 Å². The van der Waals surface area contributed by atoms with Gasteiger partial charge in [0.1, 0.15) is 0 Å². The molecule has 0 aliphatic rings. The maximum Gasteiger partial charge on any atom is 1.00 e. The summed E-state index contributed by atoms with van der Waals surface area (Å²) in [6, 6.07) is 6.73. The van der Waals surface area contributed by atoms with Crippen LogP contribution in [-0.2, 0) is 26.7 Å². The third kappa shape index (κ3) is 28.0. The van der Waals surface area contributed by atoms with Gasteiger partial charge in [-0.15, -0.1) is 0 Å². The zero-order chi connectivity index (χ0) is 28.5. The number of unbranched alkanes of at least 4 members (excludes halogenated alkanes) is 18. The summed E-state index contributed by atoms with van der Waals surface area (Å²) in [4.78, 5) is 0.0610. The van der Waals surface area contributed by atoms with Crippen LogP contribution in [0.5, 0.6) is 0 Å². The maximum atomic E-state index is 11.3. The number of aryl methyl sites for hydroxylation is 1. The molecule has 1 aromatic carbocycles. The van der Waals surface area contributed by atoms with Gasteiger partial charge in [-0.2, -0.15) is 8.42 Å². The van der Waals surface area contributed by atoms with Crippen LogP contribution >= 0.6 is 0 Å². The molecule has 0 aromatic heterocycles. The maximum absolute atomic E-state index is 11.3. The molecule has 0 radical (unpaired) electrons. The monoisotopic (exact) mass is 598 g/mol. The smallest absolute Gasteiger partial charge is 0.748 e. The van der Waals surface area contributed by atoms with E-state index in [0.29, 0.717) is 12.8 Å². The van der Waals surface area contributed by atoms with Crippen LogP contribution in [-0.4, -0.2) is 31.7 Å². The summed E-state index contributed by atoms with van der Waals surface area (Å²) in [7, 11) is -8.08. The molecule has 0 heterocycles. The average molecular weight is 599 g/mol. The largest absolute Gasteiger partial charge is 1.00 e. The van der Waals surface area contributed by atoms with Gasteiger partial charge in [-0.05, 0) is 30.9 Å².